The molecule has 2 aliphatic rings. The van der Waals surface area contributed by atoms with Crippen LogP contribution < -0.4 is 31.8 Å². The van der Waals surface area contributed by atoms with E-state index in [9.17, 15) is 10.5 Å². The zero-order chi connectivity index (χ0) is 92.6. The van der Waals surface area contributed by atoms with Gasteiger partial charge in [0.1, 0.15) is 44.8 Å². The van der Waals surface area contributed by atoms with Crippen molar-refractivity contribution in [1.29, 1.82) is 10.5 Å². The van der Waals surface area contributed by atoms with Gasteiger partial charge in [-0.2, -0.15) is 45.5 Å². The summed E-state index contributed by atoms with van der Waals surface area (Å²) >= 11 is 16.8. The Hall–Kier alpha value is -9.99. The Morgan fingerprint density at radius 1 is 0.394 bits per heavy atom. The van der Waals surface area contributed by atoms with Crippen LogP contribution in [0.4, 0.5) is 28.4 Å². The van der Waals surface area contributed by atoms with Gasteiger partial charge >= 0.3 is 35.0 Å². The number of rotatable bonds is 26. The van der Waals surface area contributed by atoms with E-state index >= 15 is 0 Å². The zero-order valence-electron chi connectivity index (χ0n) is 73.2. The van der Waals surface area contributed by atoms with Gasteiger partial charge in [-0.1, -0.05) is 309 Å². The van der Waals surface area contributed by atoms with Gasteiger partial charge in [-0.25, -0.2) is 4.85 Å². The third-order valence-electron chi connectivity index (χ3n) is 21.0. The average molecular weight is 2150 g/mol. The van der Waals surface area contributed by atoms with Crippen molar-refractivity contribution >= 4 is 229 Å². The van der Waals surface area contributed by atoms with Crippen molar-refractivity contribution < 1.29 is 15.9 Å². The van der Waals surface area contributed by atoms with Gasteiger partial charge in [0.05, 0.1) is 84.9 Å². The van der Waals surface area contributed by atoms with Crippen molar-refractivity contribution in [2.75, 3.05) is 0 Å². The van der Waals surface area contributed by atoms with Gasteiger partial charge in [-0.15, -0.1) is 40.4 Å². The number of hydrogen-bond donors (Lipinski definition) is 0. The maximum atomic E-state index is 9.94. The summed E-state index contributed by atoms with van der Waals surface area (Å²) in [6.45, 7) is 18.3. The van der Waals surface area contributed by atoms with Crippen LogP contribution in [-0.4, -0.2) is 17.5 Å². The zero-order valence-corrected chi connectivity index (χ0v) is 86.9. The number of aromatic nitrogens is 4. The number of aryl methyl sites for hydroxylation is 4. The minimum atomic E-state index is -0.446. The van der Waals surface area contributed by atoms with Crippen molar-refractivity contribution in [2.45, 2.75) is 131 Å². The average Bonchev–Trinajstić information content (AvgIpc) is 1.56. The predicted molar refractivity (Wildman–Crippen MR) is 577 cm³/mol. The number of nitriles is 2. The van der Waals surface area contributed by atoms with E-state index in [1.807, 2.05) is 18.2 Å². The summed E-state index contributed by atoms with van der Waals surface area (Å²) in [5, 5.41) is 27.7. The minimum absolute atomic E-state index is 0.106. The van der Waals surface area contributed by atoms with E-state index < -0.39 is 15.8 Å². The van der Waals surface area contributed by atoms with Gasteiger partial charge in [-0.05, 0) is 237 Å². The van der Waals surface area contributed by atoms with Gasteiger partial charge in [0, 0.05) is 40.4 Å². The number of nitrogens with zero attached hydrogens (tertiary/aromatic N) is 11. The van der Waals surface area contributed by atoms with E-state index in [4.69, 9.17) is 49.5 Å². The Balaban J connectivity index is 0.000000159. The smallest absolute Gasteiger partial charge is 0.0134 e. The van der Waals surface area contributed by atoms with Crippen molar-refractivity contribution in [3.8, 4) is 100 Å². The van der Waals surface area contributed by atoms with E-state index in [0.717, 1.165) is 161 Å². The van der Waals surface area contributed by atoms with Crippen LogP contribution in [0.5, 0.6) is 0 Å². The Morgan fingerprint density at radius 3 is 1.05 bits per heavy atom. The van der Waals surface area contributed by atoms with Crippen molar-refractivity contribution in [3.05, 3.63) is 326 Å². The van der Waals surface area contributed by atoms with Crippen LogP contribution in [0.3, 0.4) is 0 Å². The Kier molecular flexibility index (Phi) is 41.6. The minimum Gasteiger partial charge on any atom is -0.0622 e. The van der Waals surface area contributed by atoms with Crippen LogP contribution >= 0.6 is 124 Å². The molecule has 0 aliphatic carbocycles. The van der Waals surface area contributed by atoms with Crippen LogP contribution in [0.1, 0.15) is 137 Å². The van der Waals surface area contributed by atoms with Crippen molar-refractivity contribution in [3.63, 3.8) is 0 Å². The first-order valence-electron chi connectivity index (χ1n) is 43.0. The molecule has 7 heterocycles. The molecule has 11 nitrogen and oxygen atoms in total. The SMILES string of the molecule is Brc1c2c(c(Br)c3nsnc13)N=S=N2.C#CC#CC#CC.CCCCCCc1ccc(-c2ccc(C)s2)cc1C#N.[C-]#[N+]c1cc(-c2ccc(-c3c4c(c(-c5ccc(-c6ccc(CCCCCC)c(C#N)c6)s5)c5nsnc35)N=S=N4)s2)ccc1CCCCCC.[Cl][Pd][Cl].c1ccc(P(c2ccccc2)c2ccccc2)cc1.c1ccc(P(c2ccccc2)c2ccccc2)cc1. The van der Waals surface area contributed by atoms with E-state index in [2.05, 4.69) is 378 Å². The van der Waals surface area contributed by atoms with E-state index in [0.29, 0.717) is 0 Å². The number of thiophene rings is 3. The van der Waals surface area contributed by atoms with E-state index in [1.165, 1.54) is 158 Å². The number of halogens is 4. The van der Waals surface area contributed by atoms with Gasteiger partial charge in [-0.3, -0.25) is 0 Å². The number of hydrogen-bond acceptors (Lipinski definition) is 15. The second-order valence-electron chi connectivity index (χ2n) is 29.8. The predicted octanol–water partition coefficient (Wildman–Crippen LogP) is 32.4. The molecule has 0 amide bonds. The molecule has 0 N–H and O–H groups in total. The van der Waals surface area contributed by atoms with Gasteiger partial charge in [0.25, 0.3) is 0 Å². The number of benzene rings is 11. The molecule has 16 aromatic rings. The van der Waals surface area contributed by atoms with Gasteiger partial charge in [0.2, 0.25) is 0 Å². The van der Waals surface area contributed by atoms with Crippen LogP contribution in [0, 0.1) is 72.2 Å². The normalized spacial score (nSPS) is 10.9. The summed E-state index contributed by atoms with van der Waals surface area (Å²) in [6, 6.07) is 101. The molecule has 664 valence electrons. The summed E-state index contributed by atoms with van der Waals surface area (Å²) in [6.07, 6.45) is 22.2. The topological polar surface area (TPSA) is 153 Å². The first-order chi connectivity index (χ1) is 64.9. The van der Waals surface area contributed by atoms with Crippen molar-refractivity contribution in [2.24, 2.45) is 17.5 Å². The molecule has 0 atom stereocenters. The second-order valence-corrected chi connectivity index (χ2v) is 43.8. The Morgan fingerprint density at radius 2 is 0.720 bits per heavy atom. The molecule has 0 saturated carbocycles. The Bertz CT molecular complexity index is 6480. The molecule has 132 heavy (non-hydrogen) atoms. The first-order valence-corrected chi connectivity index (χ1v) is 56.6. The van der Waals surface area contributed by atoms with Crippen LogP contribution in [0.15, 0.2) is 299 Å². The molecule has 0 spiro atoms. The van der Waals surface area contributed by atoms with Crippen molar-refractivity contribution in [1.82, 2.24) is 17.5 Å². The fraction of sp³-hybridized carbons (Fsp3) is 0.187. The summed E-state index contributed by atoms with van der Waals surface area (Å²) in [7, 11) is 8.74. The van der Waals surface area contributed by atoms with E-state index in [-0.39, 0.29) is 15.9 Å². The molecular formula is C107H91Br2Cl2N11P2PdS7. The standard InChI is InChI=1S/C40H36N6S4.C18H21NS.2C18H15P.C7H4.C6Br2N4S2.2ClH.Pd/c1-4-6-8-10-12-25-14-16-27(22-29(25)24-41)31-18-20-33(47-31)35-37-39(45-49-43-37)36(40-38(35)44-50-46-40)34-21-19-32(48-34)28-17-15-26(30(23-28)42-3)13-11-9-7-5-2;1-3-4-5-6-7-15-9-10-16(12-17(15)13-19)18-11-8-14(2)20-18;2*1-4-10-16(11-5-1)19(17-12-6-2-7-13-17)18-14-8-3-9-15-18;1-3-5-7-6-4-2;7-1-3-5(11-13-9-3)2(8)6-4(1)10-14-12-6;;;/h14-23H,4-13H2,1-2H3;8-12H,3-7H2,1-2H3;2*1-15H;1H,2H3;;2*1H;/q;;;;;;;;+2/p-2. The molecule has 5 aromatic heterocycles. The summed E-state index contributed by atoms with van der Waals surface area (Å²) in [5.41, 5.74) is 17.6. The molecule has 25 heteroatoms. The third-order valence-corrected chi connectivity index (χ3v) is 32.9. The second kappa shape index (κ2) is 54.4. The summed E-state index contributed by atoms with van der Waals surface area (Å²) in [4.78, 5) is 10.7. The molecule has 0 unspecified atom stereocenters. The quantitative estimate of drug-likeness (QED) is 0.0173. The molecule has 0 radical (unpaired) electrons. The Labute approximate surface area is 839 Å². The summed E-state index contributed by atoms with van der Waals surface area (Å²) in [5.74, 6) is 12.0. The summed E-state index contributed by atoms with van der Waals surface area (Å²) < 4.78 is 37.8. The first kappa shape index (κ1) is 101. The number of fused-ring (bicyclic) bond motifs is 4. The molecule has 0 bridgehead atoms. The van der Waals surface area contributed by atoms with Gasteiger partial charge in [0.15, 0.2) is 5.69 Å². The van der Waals surface area contributed by atoms with Gasteiger partial charge < -0.3 is 0 Å². The maximum Gasteiger partial charge on any atom is -0.0134 e. The largest absolute Gasteiger partial charge is 0.0622 e. The maximum absolute atomic E-state index is 9.94. The van der Waals surface area contributed by atoms with Crippen LogP contribution in [0.2, 0.25) is 0 Å². The fourth-order valence-corrected chi connectivity index (χ4v) is 26.0. The molecule has 18 rings (SSSR count). The van der Waals surface area contributed by atoms with Crippen LogP contribution in [-0.2, 0) is 57.9 Å². The molecule has 11 aromatic carbocycles. The molecule has 0 saturated heterocycles. The fourth-order valence-electron chi connectivity index (χ4n) is 14.6. The molecule has 0 fully saturated rings. The van der Waals surface area contributed by atoms with Crippen LogP contribution in [0.25, 0.3) is 79.1 Å². The van der Waals surface area contributed by atoms with E-state index in [1.54, 1.807) is 40.9 Å². The molecular weight excluding hydrogens is 2060 g/mol. The monoisotopic (exact) mass is 2150 g/mol. The number of unbranched alkanes of at least 4 members (excludes halogenated alkanes) is 9. The number of terminal acetylenes is 1. The molecule has 2 aliphatic heterocycles. The third kappa shape index (κ3) is 27.6.